The second kappa shape index (κ2) is 7.67. The van der Waals surface area contributed by atoms with Gasteiger partial charge in [0.1, 0.15) is 5.82 Å². The molecule has 1 unspecified atom stereocenters. The topological polar surface area (TPSA) is 37.4 Å². The molecule has 4 rings (SSSR count). The molecule has 30 heavy (non-hydrogen) atoms. The van der Waals surface area contributed by atoms with Crippen molar-refractivity contribution in [3.8, 4) is 0 Å². The smallest absolute Gasteiger partial charge is 0.232 e. The number of amides is 1. The van der Waals surface area contributed by atoms with Crippen molar-refractivity contribution in [2.75, 3.05) is 4.90 Å². The fraction of sp³-hybridized carbons (Fsp3) is 0.304. The minimum absolute atomic E-state index is 0.00281. The Labute approximate surface area is 189 Å². The predicted octanol–water partition coefficient (Wildman–Crippen LogP) is 6.95. The van der Waals surface area contributed by atoms with Crippen molar-refractivity contribution in [3.63, 3.8) is 0 Å². The first-order valence-corrected chi connectivity index (χ1v) is 10.7. The summed E-state index contributed by atoms with van der Waals surface area (Å²) in [5.74, 6) is -1.15. The molecule has 1 aliphatic heterocycles. The number of rotatable bonds is 2. The van der Waals surface area contributed by atoms with Crippen LogP contribution in [0.25, 0.3) is 0 Å². The number of ketones is 1. The number of nitrogens with zero attached hydrogens (tertiary/aromatic N) is 1. The molecule has 0 spiro atoms. The number of benzene rings is 2. The Bertz CT molecular complexity index is 1110. The van der Waals surface area contributed by atoms with E-state index >= 15 is 0 Å². The Morgan fingerprint density at radius 2 is 1.70 bits per heavy atom. The molecule has 0 bridgehead atoms. The molecule has 1 heterocycles. The van der Waals surface area contributed by atoms with Crippen LogP contribution in [0.4, 0.5) is 10.1 Å². The zero-order valence-corrected chi connectivity index (χ0v) is 18.7. The van der Waals surface area contributed by atoms with Gasteiger partial charge in [-0.2, -0.15) is 0 Å². The van der Waals surface area contributed by atoms with Gasteiger partial charge in [-0.3, -0.25) is 14.5 Å². The van der Waals surface area contributed by atoms with Crippen molar-refractivity contribution < 1.29 is 14.0 Å². The summed E-state index contributed by atoms with van der Waals surface area (Å²) < 4.78 is 13.7. The van der Waals surface area contributed by atoms with Crippen LogP contribution < -0.4 is 4.90 Å². The van der Waals surface area contributed by atoms with Gasteiger partial charge in [0.15, 0.2) is 5.78 Å². The van der Waals surface area contributed by atoms with Crippen molar-refractivity contribution in [2.45, 2.75) is 39.0 Å². The molecular formula is C23H19Cl3FNO2. The third-order valence-corrected chi connectivity index (χ3v) is 6.68. The molecule has 2 aromatic carbocycles. The summed E-state index contributed by atoms with van der Waals surface area (Å²) in [7, 11) is 0. The number of hydrogen-bond acceptors (Lipinski definition) is 2. The lowest BCUT2D eigenvalue weighted by Crippen LogP contribution is -2.43. The number of carbonyl (C=O) groups excluding carboxylic acids is 2. The zero-order chi connectivity index (χ0) is 21.8. The van der Waals surface area contributed by atoms with E-state index in [0.29, 0.717) is 39.8 Å². The van der Waals surface area contributed by atoms with Gasteiger partial charge in [-0.1, -0.05) is 54.7 Å². The highest BCUT2D eigenvalue weighted by molar-refractivity contribution is 6.42. The first kappa shape index (κ1) is 21.4. The molecule has 7 heteroatoms. The van der Waals surface area contributed by atoms with Crippen molar-refractivity contribution in [1.29, 1.82) is 0 Å². The van der Waals surface area contributed by atoms with Crippen LogP contribution >= 0.6 is 34.8 Å². The lowest BCUT2D eigenvalue weighted by atomic mass is 9.69. The SMILES string of the molecule is CC1(C)CC(=O)C2=C(C1)N(c1ccc(F)c(Cl)c1)C(=O)CC2c1ccc(Cl)c(Cl)c1. The molecule has 0 N–H and O–H groups in total. The third kappa shape index (κ3) is 3.77. The first-order chi connectivity index (χ1) is 14.1. The molecule has 1 aliphatic carbocycles. The maximum Gasteiger partial charge on any atom is 0.232 e. The molecule has 0 radical (unpaired) electrons. The van der Waals surface area contributed by atoms with E-state index in [1.807, 2.05) is 13.8 Å². The van der Waals surface area contributed by atoms with Gasteiger partial charge >= 0.3 is 0 Å². The maximum atomic E-state index is 13.7. The summed E-state index contributed by atoms with van der Waals surface area (Å²) >= 11 is 18.2. The average molecular weight is 467 g/mol. The monoisotopic (exact) mass is 465 g/mol. The van der Waals surface area contributed by atoms with Gasteiger partial charge in [0.2, 0.25) is 5.91 Å². The van der Waals surface area contributed by atoms with Crippen LogP contribution in [0.15, 0.2) is 47.7 Å². The highest BCUT2D eigenvalue weighted by atomic mass is 35.5. The van der Waals surface area contributed by atoms with Gasteiger partial charge in [0, 0.05) is 30.0 Å². The molecule has 156 valence electrons. The fourth-order valence-corrected chi connectivity index (χ4v) is 4.83. The quantitative estimate of drug-likeness (QED) is 0.480. The Morgan fingerprint density at radius 3 is 2.37 bits per heavy atom. The molecule has 0 aromatic heterocycles. The molecule has 2 aromatic rings. The van der Waals surface area contributed by atoms with Gasteiger partial charge in [-0.25, -0.2) is 4.39 Å². The molecule has 0 fully saturated rings. The molecular weight excluding hydrogens is 448 g/mol. The van der Waals surface area contributed by atoms with Crippen LogP contribution in [0.1, 0.15) is 44.6 Å². The summed E-state index contributed by atoms with van der Waals surface area (Å²) in [6.45, 7) is 4.00. The Kier molecular flexibility index (Phi) is 5.46. The van der Waals surface area contributed by atoms with E-state index in [9.17, 15) is 14.0 Å². The van der Waals surface area contributed by atoms with E-state index < -0.39 is 11.7 Å². The first-order valence-electron chi connectivity index (χ1n) is 9.56. The number of carbonyl (C=O) groups is 2. The standard InChI is InChI=1S/C23H19Cl3FNO2/c1-23(2)10-19-22(20(29)11-23)14(12-3-5-15(24)16(25)7-12)9-21(30)28(19)13-4-6-18(27)17(26)8-13/h3-8,14H,9-11H2,1-2H3. The van der Waals surface area contributed by atoms with E-state index in [0.717, 1.165) is 5.56 Å². The number of anilines is 1. The molecule has 3 nitrogen and oxygen atoms in total. The Balaban J connectivity index is 1.91. The van der Waals surface area contributed by atoms with E-state index in [1.165, 1.54) is 23.1 Å². The number of hydrogen-bond donors (Lipinski definition) is 0. The highest BCUT2D eigenvalue weighted by Crippen LogP contribution is 2.48. The van der Waals surface area contributed by atoms with Crippen LogP contribution in [-0.2, 0) is 9.59 Å². The zero-order valence-electron chi connectivity index (χ0n) is 16.4. The van der Waals surface area contributed by atoms with Crippen LogP contribution in [-0.4, -0.2) is 11.7 Å². The van der Waals surface area contributed by atoms with Crippen molar-refractivity contribution in [1.82, 2.24) is 0 Å². The molecule has 0 saturated carbocycles. The summed E-state index contributed by atoms with van der Waals surface area (Å²) in [6, 6.07) is 9.34. The van der Waals surface area contributed by atoms with Crippen LogP contribution in [0.5, 0.6) is 0 Å². The fourth-order valence-electron chi connectivity index (χ4n) is 4.35. The summed E-state index contributed by atoms with van der Waals surface area (Å²) in [5.41, 5.74) is 2.17. The number of halogens is 4. The van der Waals surface area contributed by atoms with Crippen molar-refractivity contribution in [3.05, 3.63) is 74.1 Å². The largest absolute Gasteiger partial charge is 0.294 e. The molecule has 1 atom stereocenters. The van der Waals surface area contributed by atoms with E-state index in [1.54, 1.807) is 18.2 Å². The van der Waals surface area contributed by atoms with Gasteiger partial charge in [-0.05, 0) is 47.7 Å². The van der Waals surface area contributed by atoms with Crippen LogP contribution in [0.3, 0.4) is 0 Å². The summed E-state index contributed by atoms with van der Waals surface area (Å²) in [6.07, 6.45) is 1.01. The van der Waals surface area contributed by atoms with Crippen molar-refractivity contribution in [2.24, 2.45) is 5.41 Å². The minimum atomic E-state index is -0.562. The van der Waals surface area contributed by atoms with E-state index in [4.69, 9.17) is 34.8 Å². The minimum Gasteiger partial charge on any atom is -0.294 e. The Hall–Kier alpha value is -1.88. The van der Waals surface area contributed by atoms with E-state index in [-0.39, 0.29) is 28.5 Å². The van der Waals surface area contributed by atoms with E-state index in [2.05, 4.69) is 0 Å². The van der Waals surface area contributed by atoms with Crippen LogP contribution in [0.2, 0.25) is 15.1 Å². The normalized spacial score (nSPS) is 21.1. The molecule has 0 saturated heterocycles. The maximum absolute atomic E-state index is 13.7. The number of Topliss-reactive ketones (excluding diaryl/α,β-unsaturated/α-hetero) is 1. The second-order valence-corrected chi connectivity index (χ2v) is 9.78. The van der Waals surface area contributed by atoms with Gasteiger partial charge in [-0.15, -0.1) is 0 Å². The molecule has 1 amide bonds. The van der Waals surface area contributed by atoms with Gasteiger partial charge in [0.25, 0.3) is 0 Å². The van der Waals surface area contributed by atoms with Crippen LogP contribution in [0, 0.1) is 11.2 Å². The lowest BCUT2D eigenvalue weighted by Gasteiger charge is -2.43. The second-order valence-electron chi connectivity index (χ2n) is 8.56. The summed E-state index contributed by atoms with van der Waals surface area (Å²) in [5, 5.41) is 0.714. The van der Waals surface area contributed by atoms with Gasteiger partial charge in [0.05, 0.1) is 20.8 Å². The van der Waals surface area contributed by atoms with Gasteiger partial charge < -0.3 is 0 Å². The predicted molar refractivity (Wildman–Crippen MR) is 118 cm³/mol. The summed E-state index contributed by atoms with van der Waals surface area (Å²) in [4.78, 5) is 28.0. The average Bonchev–Trinajstić information content (AvgIpc) is 2.64. The molecule has 2 aliphatic rings. The lowest BCUT2D eigenvalue weighted by molar-refractivity contribution is -0.121. The third-order valence-electron chi connectivity index (χ3n) is 5.65. The number of allylic oxidation sites excluding steroid dienone is 2. The van der Waals surface area contributed by atoms with Crippen molar-refractivity contribution >= 4 is 52.2 Å². The highest BCUT2D eigenvalue weighted by Gasteiger charge is 2.44. The Morgan fingerprint density at radius 1 is 0.967 bits per heavy atom.